The quantitative estimate of drug-likeness (QED) is 0.555. The fourth-order valence-electron chi connectivity index (χ4n) is 0.920. The Balaban J connectivity index is 0.00000289. The molecule has 0 aliphatic heterocycles. The van der Waals surface area contributed by atoms with Crippen LogP contribution in [0.1, 0.15) is 16.2 Å². The summed E-state index contributed by atoms with van der Waals surface area (Å²) < 4.78 is 58.6. The Morgan fingerprint density at radius 1 is 1.33 bits per heavy atom. The van der Waals surface area contributed by atoms with Gasteiger partial charge in [0.25, 0.3) is 0 Å². The fraction of sp³-hybridized carbons (Fsp3) is 0.143. The Morgan fingerprint density at radius 3 is 2.17 bits per heavy atom. The molecule has 6 nitrogen and oxygen atoms in total. The first-order valence-corrected chi connectivity index (χ1v) is 5.40. The second kappa shape index (κ2) is 5.27. The van der Waals surface area contributed by atoms with Crippen LogP contribution in [0.4, 0.5) is 13.2 Å². The van der Waals surface area contributed by atoms with Crippen LogP contribution in [0.2, 0.25) is 0 Å². The summed E-state index contributed by atoms with van der Waals surface area (Å²) in [4.78, 5) is 12.1. The second-order valence-corrected chi connectivity index (χ2v) is 4.46. The maximum Gasteiger partial charge on any atom is 1.00 e. The second-order valence-electron chi connectivity index (χ2n) is 2.90. The molecule has 0 radical (unpaired) electrons. The molecule has 0 aliphatic rings. The minimum Gasteiger partial charge on any atom is -0.543 e. The van der Waals surface area contributed by atoms with E-state index in [0.29, 0.717) is 6.07 Å². The molecule has 0 aromatic carbocycles. The number of rotatable bonds is 2. The molecule has 0 spiro atoms. The summed E-state index contributed by atoms with van der Waals surface area (Å²) in [5, 5.41) is 15.0. The molecule has 11 heteroatoms. The zero-order valence-electron chi connectivity index (χ0n) is 8.85. The van der Waals surface area contributed by atoms with Gasteiger partial charge in [-0.15, -0.1) is 0 Å². The van der Waals surface area contributed by atoms with Crippen LogP contribution in [0, 0.1) is 0 Å². The number of carboxylic acids is 1. The summed E-state index contributed by atoms with van der Waals surface area (Å²) in [7, 11) is -4.47. The number of pyridine rings is 1. The van der Waals surface area contributed by atoms with Gasteiger partial charge in [0.1, 0.15) is 5.69 Å². The summed E-state index contributed by atoms with van der Waals surface area (Å²) in [5.41, 5.74) is -2.84. The van der Waals surface area contributed by atoms with Gasteiger partial charge in [0, 0.05) is 0 Å². The van der Waals surface area contributed by atoms with Crippen LogP contribution >= 0.6 is 0 Å². The standard InChI is InChI=1S/C7H5F3N2O4S.Li/c8-7(9,10)5-2-3(17(11,15)16)1-4(12-5)6(13)14;/h1-2H,(H,13,14)(H2,11,15,16);/q;+1/p-1. The molecule has 0 saturated heterocycles. The van der Waals surface area contributed by atoms with Crippen molar-refractivity contribution >= 4 is 16.0 Å². The molecule has 94 valence electrons. The van der Waals surface area contributed by atoms with Crippen molar-refractivity contribution in [3.05, 3.63) is 23.5 Å². The molecule has 0 amide bonds. The molecule has 1 heterocycles. The van der Waals surface area contributed by atoms with Gasteiger partial charge >= 0.3 is 25.0 Å². The van der Waals surface area contributed by atoms with Crippen LogP contribution in [0.5, 0.6) is 0 Å². The summed E-state index contributed by atoms with van der Waals surface area (Å²) >= 11 is 0. The van der Waals surface area contributed by atoms with Gasteiger partial charge in [-0.25, -0.2) is 18.5 Å². The van der Waals surface area contributed by atoms with Gasteiger partial charge < -0.3 is 9.90 Å². The molecule has 1 aromatic rings. The molecule has 1 aromatic heterocycles. The Bertz CT molecular complexity index is 573. The van der Waals surface area contributed by atoms with Gasteiger partial charge in [-0.2, -0.15) is 13.2 Å². The van der Waals surface area contributed by atoms with Gasteiger partial charge in [0.2, 0.25) is 10.0 Å². The van der Waals surface area contributed by atoms with E-state index in [1.54, 1.807) is 0 Å². The number of hydrogen-bond donors (Lipinski definition) is 1. The van der Waals surface area contributed by atoms with E-state index in [9.17, 15) is 31.5 Å². The van der Waals surface area contributed by atoms with Crippen molar-refractivity contribution < 1.29 is 50.4 Å². The first-order valence-electron chi connectivity index (χ1n) is 3.85. The van der Waals surface area contributed by atoms with Crippen LogP contribution < -0.4 is 29.1 Å². The molecule has 0 saturated carbocycles. The van der Waals surface area contributed by atoms with Crippen molar-refractivity contribution in [3.63, 3.8) is 0 Å². The third-order valence-corrected chi connectivity index (χ3v) is 2.52. The fourth-order valence-corrected chi connectivity index (χ4v) is 1.47. The van der Waals surface area contributed by atoms with Crippen molar-refractivity contribution in [1.82, 2.24) is 4.98 Å². The Morgan fingerprint density at radius 2 is 1.83 bits per heavy atom. The third kappa shape index (κ3) is 3.99. The number of alkyl halides is 3. The van der Waals surface area contributed by atoms with E-state index in [-0.39, 0.29) is 24.9 Å². The number of hydrogen-bond acceptors (Lipinski definition) is 5. The van der Waals surface area contributed by atoms with Crippen molar-refractivity contribution in [2.75, 3.05) is 0 Å². The van der Waals surface area contributed by atoms with Crippen LogP contribution in [-0.4, -0.2) is 19.4 Å². The Kier molecular flexibility index (Phi) is 4.96. The number of carbonyl (C=O) groups excluding carboxylic acids is 1. The van der Waals surface area contributed by atoms with E-state index in [1.807, 2.05) is 0 Å². The average molecular weight is 276 g/mol. The van der Waals surface area contributed by atoms with Gasteiger partial charge in [-0.3, -0.25) is 0 Å². The summed E-state index contributed by atoms with van der Waals surface area (Å²) in [6.45, 7) is 0. The number of nitrogens with two attached hydrogens (primary N) is 1. The molecule has 0 bridgehead atoms. The van der Waals surface area contributed by atoms with Crippen molar-refractivity contribution in [3.8, 4) is 0 Å². The van der Waals surface area contributed by atoms with Gasteiger partial charge in [0.05, 0.1) is 16.6 Å². The predicted molar refractivity (Wildman–Crippen MR) is 44.9 cm³/mol. The van der Waals surface area contributed by atoms with E-state index in [0.717, 1.165) is 0 Å². The zero-order chi connectivity index (χ0) is 13.4. The maximum atomic E-state index is 12.3. The Hall–Kier alpha value is -1.08. The average Bonchev–Trinajstić information content (AvgIpc) is 2.14. The number of carboxylic acid groups (broad SMARTS) is 1. The number of carbonyl (C=O) groups is 1. The SMILES string of the molecule is NS(=O)(=O)c1cc(C(=O)[O-])nc(C(F)(F)F)c1.[Li+]. The predicted octanol–water partition coefficient (Wildman–Crippen LogP) is -3.88. The van der Waals surface area contributed by atoms with Gasteiger partial charge in [-0.05, 0) is 12.1 Å². The van der Waals surface area contributed by atoms with Crippen molar-refractivity contribution in [2.45, 2.75) is 11.1 Å². The molecular formula is C7H4F3LiN2O4S. The first-order chi connectivity index (χ1) is 7.51. The normalized spacial score (nSPS) is 11.8. The summed E-state index contributed by atoms with van der Waals surface area (Å²) in [6.07, 6.45) is -5.00. The number of primary sulfonamides is 1. The molecule has 0 atom stereocenters. The van der Waals surface area contributed by atoms with Crippen LogP contribution in [-0.2, 0) is 16.2 Å². The molecule has 2 N–H and O–H groups in total. The van der Waals surface area contributed by atoms with Crippen LogP contribution in [0.3, 0.4) is 0 Å². The van der Waals surface area contributed by atoms with E-state index in [4.69, 9.17) is 0 Å². The van der Waals surface area contributed by atoms with Crippen molar-refractivity contribution in [1.29, 1.82) is 0 Å². The smallest absolute Gasteiger partial charge is 0.543 e. The number of aromatic nitrogens is 1. The first kappa shape index (κ1) is 16.9. The topological polar surface area (TPSA) is 113 Å². The number of aromatic carboxylic acids is 1. The summed E-state index contributed by atoms with van der Waals surface area (Å²) in [6, 6.07) is 0.529. The van der Waals surface area contributed by atoms with Crippen LogP contribution in [0.15, 0.2) is 17.0 Å². The van der Waals surface area contributed by atoms with Crippen molar-refractivity contribution in [2.24, 2.45) is 5.14 Å². The molecule has 18 heavy (non-hydrogen) atoms. The zero-order valence-corrected chi connectivity index (χ0v) is 9.67. The van der Waals surface area contributed by atoms with Gasteiger partial charge in [0.15, 0.2) is 0 Å². The Labute approximate surface area is 111 Å². The van der Waals surface area contributed by atoms with E-state index >= 15 is 0 Å². The molecular weight excluding hydrogens is 272 g/mol. The number of nitrogens with zero attached hydrogens (tertiary/aromatic N) is 1. The third-order valence-electron chi connectivity index (χ3n) is 1.63. The van der Waals surface area contributed by atoms with Crippen LogP contribution in [0.25, 0.3) is 0 Å². The minimum atomic E-state index is -5.00. The van der Waals surface area contributed by atoms with E-state index in [2.05, 4.69) is 10.1 Å². The number of sulfonamides is 1. The largest absolute Gasteiger partial charge is 1.00 e. The molecule has 0 unspecified atom stereocenters. The minimum absolute atomic E-state index is 0. The monoisotopic (exact) mass is 276 g/mol. The molecule has 1 rings (SSSR count). The van der Waals surface area contributed by atoms with Gasteiger partial charge in [-0.1, -0.05) is 0 Å². The van der Waals surface area contributed by atoms with E-state index in [1.165, 1.54) is 0 Å². The molecule has 0 fully saturated rings. The molecule has 0 aliphatic carbocycles. The number of halogens is 3. The van der Waals surface area contributed by atoms with E-state index < -0.39 is 38.5 Å². The summed E-state index contributed by atoms with van der Waals surface area (Å²) in [5.74, 6) is -2.04. The maximum absolute atomic E-state index is 12.3.